The van der Waals surface area contributed by atoms with Crippen LogP contribution in [0.4, 0.5) is 0 Å². The summed E-state index contributed by atoms with van der Waals surface area (Å²) >= 11 is 0. The molecule has 1 saturated carbocycles. The molecule has 3 fully saturated rings. The fourth-order valence-corrected chi connectivity index (χ4v) is 4.83. The molecule has 0 bridgehead atoms. The fraction of sp³-hybridized carbons (Fsp3) is 0.917. The quantitative estimate of drug-likeness (QED) is 0.678. The average Bonchev–Trinajstić information content (AvgIpc) is 2.57. The summed E-state index contributed by atoms with van der Waals surface area (Å²) in [5, 5.41) is 0. The van der Waals surface area contributed by atoms with Gasteiger partial charge >= 0.3 is 0 Å². The van der Waals surface area contributed by atoms with E-state index in [0.29, 0.717) is 29.6 Å². The molecular weight excluding hydrogens is 332 g/mol. The van der Waals surface area contributed by atoms with Crippen molar-refractivity contribution in [3.05, 3.63) is 0 Å². The minimum atomic E-state index is 0.337. The number of ether oxygens (including phenoxy) is 1. The number of likely N-dealkylation sites (tertiary alicyclic amines) is 2. The van der Waals surface area contributed by atoms with Gasteiger partial charge in [0.1, 0.15) is 0 Å². The molecule has 3 aliphatic rings. The summed E-state index contributed by atoms with van der Waals surface area (Å²) in [5.74, 6) is 9.29. The first-order valence-electron chi connectivity index (χ1n) is 11.4. The molecule has 0 spiro atoms. The van der Waals surface area contributed by atoms with Gasteiger partial charge in [-0.1, -0.05) is 11.8 Å². The largest absolute Gasteiger partial charge is 0.375 e. The van der Waals surface area contributed by atoms with Crippen LogP contribution in [-0.4, -0.2) is 60.3 Å². The first-order valence-corrected chi connectivity index (χ1v) is 11.4. The van der Waals surface area contributed by atoms with Crippen LogP contribution < -0.4 is 0 Å². The highest BCUT2D eigenvalue weighted by molar-refractivity contribution is 5.12. The molecule has 0 amide bonds. The van der Waals surface area contributed by atoms with Gasteiger partial charge in [0.25, 0.3) is 0 Å². The summed E-state index contributed by atoms with van der Waals surface area (Å²) in [6.45, 7) is 17.7. The Kier molecular flexibility index (Phi) is 7.28. The highest BCUT2D eigenvalue weighted by Crippen LogP contribution is 2.31. The van der Waals surface area contributed by atoms with Crippen LogP contribution in [0.15, 0.2) is 0 Å². The second-order valence-corrected chi connectivity index (χ2v) is 10.4. The molecule has 1 aliphatic carbocycles. The van der Waals surface area contributed by atoms with Gasteiger partial charge in [-0.05, 0) is 105 Å². The van der Waals surface area contributed by atoms with Gasteiger partial charge in [0.2, 0.25) is 0 Å². The van der Waals surface area contributed by atoms with Crippen molar-refractivity contribution < 1.29 is 4.74 Å². The van der Waals surface area contributed by atoms with E-state index in [9.17, 15) is 0 Å². The summed E-state index contributed by atoms with van der Waals surface area (Å²) < 4.78 is 5.84. The van der Waals surface area contributed by atoms with E-state index >= 15 is 0 Å². The molecule has 3 rings (SSSR count). The molecule has 0 aromatic heterocycles. The Hall–Kier alpha value is -0.560. The van der Waals surface area contributed by atoms with Crippen molar-refractivity contribution in [2.24, 2.45) is 17.8 Å². The molecule has 3 heteroatoms. The van der Waals surface area contributed by atoms with Crippen molar-refractivity contribution >= 4 is 0 Å². The standard InChI is InChI=1S/C24H42N2O/c1-19(2)27-23-16-22(17-23)7-6-20-8-12-25(13-9-20)18-21-10-14-26(15-11-21)24(3,4)5/h19-23H,8-18H2,1-5H3. The first-order chi connectivity index (χ1) is 12.8. The summed E-state index contributed by atoms with van der Waals surface area (Å²) in [6.07, 6.45) is 8.41. The van der Waals surface area contributed by atoms with Gasteiger partial charge in [0.05, 0.1) is 12.2 Å². The molecule has 0 aromatic carbocycles. The van der Waals surface area contributed by atoms with E-state index in [-0.39, 0.29) is 0 Å². The van der Waals surface area contributed by atoms with Gasteiger partial charge in [-0.25, -0.2) is 0 Å². The van der Waals surface area contributed by atoms with Crippen molar-refractivity contribution in [1.82, 2.24) is 9.80 Å². The van der Waals surface area contributed by atoms with E-state index in [4.69, 9.17) is 4.74 Å². The summed E-state index contributed by atoms with van der Waals surface area (Å²) in [4.78, 5) is 5.37. The Balaban J connectivity index is 1.31. The Labute approximate surface area is 168 Å². The maximum absolute atomic E-state index is 5.84. The molecule has 0 atom stereocenters. The predicted molar refractivity (Wildman–Crippen MR) is 114 cm³/mol. The second kappa shape index (κ2) is 9.29. The molecule has 2 saturated heterocycles. The smallest absolute Gasteiger partial charge is 0.0602 e. The minimum Gasteiger partial charge on any atom is -0.375 e. The average molecular weight is 375 g/mol. The topological polar surface area (TPSA) is 15.7 Å². The van der Waals surface area contributed by atoms with E-state index in [1.165, 1.54) is 58.4 Å². The van der Waals surface area contributed by atoms with E-state index in [1.807, 2.05) is 0 Å². The SMILES string of the molecule is CC(C)OC1CC(C#CC2CCN(CC3CCN(C(C)(C)C)CC3)CC2)C1. The summed E-state index contributed by atoms with van der Waals surface area (Å²) in [5.41, 5.74) is 0.337. The van der Waals surface area contributed by atoms with Crippen LogP contribution in [0.1, 0.15) is 73.1 Å². The van der Waals surface area contributed by atoms with Crippen LogP contribution in [0.2, 0.25) is 0 Å². The van der Waals surface area contributed by atoms with Gasteiger partial charge in [-0.15, -0.1) is 0 Å². The Bertz CT molecular complexity index is 505. The number of rotatable bonds is 4. The zero-order valence-electron chi connectivity index (χ0n) is 18.5. The summed E-state index contributed by atoms with van der Waals surface area (Å²) in [7, 11) is 0. The van der Waals surface area contributed by atoms with E-state index in [0.717, 1.165) is 18.8 Å². The number of hydrogen-bond donors (Lipinski definition) is 0. The van der Waals surface area contributed by atoms with Crippen LogP contribution in [0.5, 0.6) is 0 Å². The maximum atomic E-state index is 5.84. The van der Waals surface area contributed by atoms with Crippen molar-refractivity contribution in [1.29, 1.82) is 0 Å². The lowest BCUT2D eigenvalue weighted by Gasteiger charge is -2.42. The summed E-state index contributed by atoms with van der Waals surface area (Å²) in [6, 6.07) is 0. The van der Waals surface area contributed by atoms with Crippen LogP contribution in [0.25, 0.3) is 0 Å². The van der Waals surface area contributed by atoms with E-state index in [2.05, 4.69) is 56.3 Å². The van der Waals surface area contributed by atoms with Gasteiger partial charge in [0, 0.05) is 23.9 Å². The highest BCUT2D eigenvalue weighted by Gasteiger charge is 2.30. The zero-order chi connectivity index (χ0) is 19.4. The van der Waals surface area contributed by atoms with Crippen LogP contribution in [0, 0.1) is 29.6 Å². The lowest BCUT2D eigenvalue weighted by molar-refractivity contribution is -0.0497. The van der Waals surface area contributed by atoms with E-state index < -0.39 is 0 Å². The first kappa shape index (κ1) is 21.2. The molecule has 3 nitrogen and oxygen atoms in total. The molecule has 154 valence electrons. The molecule has 0 unspecified atom stereocenters. The van der Waals surface area contributed by atoms with Gasteiger partial charge in [-0.3, -0.25) is 4.90 Å². The Morgan fingerprint density at radius 1 is 0.889 bits per heavy atom. The Morgan fingerprint density at radius 2 is 1.48 bits per heavy atom. The molecule has 0 radical (unpaired) electrons. The number of piperidine rings is 2. The second-order valence-electron chi connectivity index (χ2n) is 10.4. The fourth-order valence-electron chi connectivity index (χ4n) is 4.83. The predicted octanol–water partition coefficient (Wildman–Crippen LogP) is 4.42. The third kappa shape index (κ3) is 6.48. The lowest BCUT2D eigenvalue weighted by atomic mass is 9.82. The third-order valence-electron chi connectivity index (χ3n) is 6.72. The highest BCUT2D eigenvalue weighted by atomic mass is 16.5. The number of hydrogen-bond acceptors (Lipinski definition) is 3. The normalized spacial score (nSPS) is 29.4. The molecule has 2 heterocycles. The van der Waals surface area contributed by atoms with Crippen LogP contribution >= 0.6 is 0 Å². The van der Waals surface area contributed by atoms with E-state index in [1.54, 1.807) is 0 Å². The molecule has 2 aliphatic heterocycles. The zero-order valence-corrected chi connectivity index (χ0v) is 18.5. The molecule has 0 N–H and O–H groups in total. The van der Waals surface area contributed by atoms with Gasteiger partial charge in [0.15, 0.2) is 0 Å². The van der Waals surface area contributed by atoms with Crippen molar-refractivity contribution in [3.8, 4) is 11.8 Å². The third-order valence-corrected chi connectivity index (χ3v) is 6.72. The van der Waals surface area contributed by atoms with Crippen molar-refractivity contribution in [3.63, 3.8) is 0 Å². The van der Waals surface area contributed by atoms with Gasteiger partial charge < -0.3 is 9.64 Å². The van der Waals surface area contributed by atoms with Crippen molar-refractivity contribution in [2.75, 3.05) is 32.7 Å². The Morgan fingerprint density at radius 3 is 2.04 bits per heavy atom. The molecular formula is C24H42N2O. The minimum absolute atomic E-state index is 0.337. The lowest BCUT2D eigenvalue weighted by Crippen LogP contribution is -2.48. The van der Waals surface area contributed by atoms with Crippen LogP contribution in [0.3, 0.4) is 0 Å². The number of nitrogens with zero attached hydrogens (tertiary/aromatic N) is 2. The van der Waals surface area contributed by atoms with Crippen LogP contribution in [-0.2, 0) is 4.74 Å². The monoisotopic (exact) mass is 374 g/mol. The van der Waals surface area contributed by atoms with Crippen molar-refractivity contribution in [2.45, 2.75) is 90.9 Å². The molecule has 27 heavy (non-hydrogen) atoms. The van der Waals surface area contributed by atoms with Gasteiger partial charge in [-0.2, -0.15) is 0 Å². The maximum Gasteiger partial charge on any atom is 0.0602 e. The molecule has 0 aromatic rings.